The number of carbonyl (C=O) groups excluding carboxylic acids is 1. The Labute approximate surface area is 175 Å². The van der Waals surface area contributed by atoms with E-state index in [2.05, 4.69) is 25.6 Å². The molecule has 6 nitrogen and oxygen atoms in total. The standard InChI is InChI=1S/C24H21N5O/c30-24(27-17-20-13-7-8-14-25-20)21-15-22(26-16-18-9-3-1-4-10-18)29-23(28-21)19-11-5-2-6-12-19/h1-15H,16-17H2,(H,27,30)(H,26,28,29). The number of hydrogen-bond acceptors (Lipinski definition) is 5. The first-order valence-corrected chi connectivity index (χ1v) is 9.68. The molecule has 2 heterocycles. The molecular weight excluding hydrogens is 374 g/mol. The summed E-state index contributed by atoms with van der Waals surface area (Å²) in [4.78, 5) is 26.1. The molecule has 0 unspecified atom stereocenters. The normalized spacial score (nSPS) is 10.4. The number of nitrogens with one attached hydrogen (secondary N) is 2. The molecule has 1 amide bonds. The minimum absolute atomic E-state index is 0.275. The second-order valence-electron chi connectivity index (χ2n) is 6.67. The summed E-state index contributed by atoms with van der Waals surface area (Å²) in [5, 5.41) is 6.17. The molecule has 0 fully saturated rings. The summed E-state index contributed by atoms with van der Waals surface area (Å²) in [6, 6.07) is 26.9. The van der Waals surface area contributed by atoms with Gasteiger partial charge < -0.3 is 10.6 Å². The summed E-state index contributed by atoms with van der Waals surface area (Å²) >= 11 is 0. The van der Waals surface area contributed by atoms with Crippen molar-refractivity contribution >= 4 is 11.7 Å². The number of nitrogens with zero attached hydrogens (tertiary/aromatic N) is 3. The van der Waals surface area contributed by atoms with Crippen LogP contribution >= 0.6 is 0 Å². The molecule has 4 aromatic rings. The summed E-state index contributed by atoms with van der Waals surface area (Å²) in [5.74, 6) is 0.815. The third kappa shape index (κ3) is 5.05. The molecule has 0 aliphatic rings. The number of anilines is 1. The monoisotopic (exact) mass is 395 g/mol. The van der Waals surface area contributed by atoms with Crippen molar-refractivity contribution in [2.45, 2.75) is 13.1 Å². The van der Waals surface area contributed by atoms with Crippen LogP contribution in [0.1, 0.15) is 21.7 Å². The smallest absolute Gasteiger partial charge is 0.270 e. The molecule has 0 atom stereocenters. The maximum Gasteiger partial charge on any atom is 0.270 e. The Balaban J connectivity index is 1.57. The highest BCUT2D eigenvalue weighted by Crippen LogP contribution is 2.18. The molecule has 0 aliphatic heterocycles. The zero-order valence-electron chi connectivity index (χ0n) is 16.3. The zero-order valence-corrected chi connectivity index (χ0v) is 16.3. The van der Waals surface area contributed by atoms with Gasteiger partial charge in [-0.15, -0.1) is 0 Å². The fourth-order valence-electron chi connectivity index (χ4n) is 2.92. The molecule has 0 bridgehead atoms. The summed E-state index contributed by atoms with van der Waals surface area (Å²) in [6.07, 6.45) is 1.70. The Bertz CT molecular complexity index is 1100. The molecule has 0 saturated carbocycles. The second-order valence-corrected chi connectivity index (χ2v) is 6.67. The van der Waals surface area contributed by atoms with Crippen LogP contribution in [0.2, 0.25) is 0 Å². The van der Waals surface area contributed by atoms with Gasteiger partial charge in [0.15, 0.2) is 5.82 Å². The summed E-state index contributed by atoms with van der Waals surface area (Å²) in [5.41, 5.74) is 3.05. The van der Waals surface area contributed by atoms with Gasteiger partial charge >= 0.3 is 0 Å². The number of pyridine rings is 1. The lowest BCUT2D eigenvalue weighted by Crippen LogP contribution is -2.25. The highest BCUT2D eigenvalue weighted by atomic mass is 16.1. The third-order valence-corrected chi connectivity index (χ3v) is 4.46. The quantitative estimate of drug-likeness (QED) is 0.493. The van der Waals surface area contributed by atoms with Gasteiger partial charge in [-0.25, -0.2) is 9.97 Å². The van der Waals surface area contributed by atoms with Gasteiger partial charge in [0.25, 0.3) is 5.91 Å². The number of hydrogen-bond donors (Lipinski definition) is 2. The predicted octanol–water partition coefficient (Wildman–Crippen LogP) is 4.08. The number of carbonyl (C=O) groups is 1. The van der Waals surface area contributed by atoms with E-state index in [1.54, 1.807) is 12.3 Å². The summed E-state index contributed by atoms with van der Waals surface area (Å²) in [7, 11) is 0. The van der Waals surface area contributed by atoms with Crippen molar-refractivity contribution in [3.63, 3.8) is 0 Å². The summed E-state index contributed by atoms with van der Waals surface area (Å²) < 4.78 is 0. The fourth-order valence-corrected chi connectivity index (χ4v) is 2.92. The molecule has 0 aliphatic carbocycles. The fraction of sp³-hybridized carbons (Fsp3) is 0.0833. The van der Waals surface area contributed by atoms with E-state index < -0.39 is 0 Å². The van der Waals surface area contributed by atoms with Gasteiger partial charge in [0.1, 0.15) is 11.5 Å². The van der Waals surface area contributed by atoms with Crippen LogP contribution in [0.15, 0.2) is 91.1 Å². The van der Waals surface area contributed by atoms with Gasteiger partial charge in [-0.3, -0.25) is 9.78 Å². The molecule has 30 heavy (non-hydrogen) atoms. The van der Waals surface area contributed by atoms with E-state index in [0.717, 1.165) is 16.8 Å². The maximum atomic E-state index is 12.8. The Morgan fingerprint density at radius 3 is 2.27 bits per heavy atom. The van der Waals surface area contributed by atoms with Crippen molar-refractivity contribution in [3.05, 3.63) is 108 Å². The van der Waals surface area contributed by atoms with E-state index in [4.69, 9.17) is 0 Å². The molecular formula is C24H21N5O. The second kappa shape index (κ2) is 9.43. The molecule has 2 aromatic carbocycles. The van der Waals surface area contributed by atoms with Crippen LogP contribution in [0.4, 0.5) is 5.82 Å². The van der Waals surface area contributed by atoms with Crippen molar-refractivity contribution < 1.29 is 4.79 Å². The number of aromatic nitrogens is 3. The highest BCUT2D eigenvalue weighted by molar-refractivity contribution is 5.93. The number of benzene rings is 2. The highest BCUT2D eigenvalue weighted by Gasteiger charge is 2.13. The van der Waals surface area contributed by atoms with Crippen molar-refractivity contribution in [1.82, 2.24) is 20.3 Å². The maximum absolute atomic E-state index is 12.8. The first-order valence-electron chi connectivity index (χ1n) is 9.68. The predicted molar refractivity (Wildman–Crippen MR) is 117 cm³/mol. The minimum Gasteiger partial charge on any atom is -0.366 e. The first-order chi connectivity index (χ1) is 14.8. The summed E-state index contributed by atoms with van der Waals surface area (Å²) in [6.45, 7) is 0.929. The van der Waals surface area contributed by atoms with Gasteiger partial charge in [0.05, 0.1) is 12.2 Å². The van der Waals surface area contributed by atoms with Gasteiger partial charge in [-0.2, -0.15) is 0 Å². The molecule has 0 radical (unpaired) electrons. The lowest BCUT2D eigenvalue weighted by Gasteiger charge is -2.11. The molecule has 4 rings (SSSR count). The van der Waals surface area contributed by atoms with Gasteiger partial charge in [-0.1, -0.05) is 66.7 Å². The van der Waals surface area contributed by atoms with Gasteiger partial charge in [-0.05, 0) is 17.7 Å². The van der Waals surface area contributed by atoms with Crippen LogP contribution in [0.3, 0.4) is 0 Å². The van der Waals surface area contributed by atoms with Gasteiger partial charge in [0, 0.05) is 24.4 Å². The van der Waals surface area contributed by atoms with Crippen LogP contribution in [0.25, 0.3) is 11.4 Å². The topological polar surface area (TPSA) is 79.8 Å². The van der Waals surface area contributed by atoms with Crippen LogP contribution in [-0.2, 0) is 13.1 Å². The van der Waals surface area contributed by atoms with E-state index in [0.29, 0.717) is 30.4 Å². The van der Waals surface area contributed by atoms with Crippen molar-refractivity contribution in [2.24, 2.45) is 0 Å². The molecule has 0 spiro atoms. The van der Waals surface area contributed by atoms with E-state index in [9.17, 15) is 4.79 Å². The Kier molecular flexibility index (Phi) is 6.05. The van der Waals surface area contributed by atoms with Crippen molar-refractivity contribution in [1.29, 1.82) is 0 Å². The van der Waals surface area contributed by atoms with Crippen LogP contribution < -0.4 is 10.6 Å². The van der Waals surface area contributed by atoms with E-state index in [1.165, 1.54) is 0 Å². The largest absolute Gasteiger partial charge is 0.366 e. The lowest BCUT2D eigenvalue weighted by atomic mass is 10.2. The van der Waals surface area contributed by atoms with E-state index >= 15 is 0 Å². The molecule has 6 heteroatoms. The number of amides is 1. The number of rotatable bonds is 7. The molecule has 2 N–H and O–H groups in total. The van der Waals surface area contributed by atoms with Crippen LogP contribution in [0.5, 0.6) is 0 Å². The molecule has 0 saturated heterocycles. The average Bonchev–Trinajstić information content (AvgIpc) is 2.83. The van der Waals surface area contributed by atoms with Crippen LogP contribution in [0, 0.1) is 0 Å². The lowest BCUT2D eigenvalue weighted by molar-refractivity contribution is 0.0945. The minimum atomic E-state index is -0.275. The van der Waals surface area contributed by atoms with E-state index in [-0.39, 0.29) is 5.91 Å². The molecule has 148 valence electrons. The Morgan fingerprint density at radius 2 is 1.53 bits per heavy atom. The van der Waals surface area contributed by atoms with Gasteiger partial charge in [0.2, 0.25) is 0 Å². The van der Waals surface area contributed by atoms with Crippen LogP contribution in [-0.4, -0.2) is 20.9 Å². The molecule has 2 aromatic heterocycles. The van der Waals surface area contributed by atoms with Crippen molar-refractivity contribution in [2.75, 3.05) is 5.32 Å². The average molecular weight is 395 g/mol. The Morgan fingerprint density at radius 1 is 0.800 bits per heavy atom. The Hall–Kier alpha value is -4.06. The zero-order chi connectivity index (χ0) is 20.6. The third-order valence-electron chi connectivity index (χ3n) is 4.46. The SMILES string of the molecule is O=C(NCc1ccccn1)c1cc(NCc2ccccc2)nc(-c2ccccc2)n1. The van der Waals surface area contributed by atoms with E-state index in [1.807, 2.05) is 78.9 Å². The first kappa shape index (κ1) is 19.3. The van der Waals surface area contributed by atoms with Crippen molar-refractivity contribution in [3.8, 4) is 11.4 Å².